The molecular formula is C21H25BF2O9. The third kappa shape index (κ3) is 8.45. The molecule has 1 N–H and O–H groups in total. The van der Waals surface area contributed by atoms with Crippen LogP contribution in [-0.4, -0.2) is 55.7 Å². The summed E-state index contributed by atoms with van der Waals surface area (Å²) in [5.41, 5.74) is 0.510. The van der Waals surface area contributed by atoms with Gasteiger partial charge in [0.05, 0.1) is 20.0 Å². The first-order chi connectivity index (χ1) is 15.5. The Hall–Kier alpha value is -3.02. The summed E-state index contributed by atoms with van der Waals surface area (Å²) in [6.07, 6.45) is -1.26. The van der Waals surface area contributed by atoms with Crippen LogP contribution in [0.4, 0.5) is 8.78 Å². The summed E-state index contributed by atoms with van der Waals surface area (Å²) in [6, 6.07) is 4.58. The maximum absolute atomic E-state index is 13.0. The minimum Gasteiger partial charge on any atom is -0.535 e. The Kier molecular flexibility index (Phi) is 9.33. The molecule has 0 aromatic heterocycles. The number of benzene rings is 1. The predicted molar refractivity (Wildman–Crippen MR) is 110 cm³/mol. The number of carbonyl (C=O) groups excluding carboxylic acids is 4. The van der Waals surface area contributed by atoms with Gasteiger partial charge in [-0.2, -0.15) is 0 Å². The van der Waals surface area contributed by atoms with Gasteiger partial charge in [0.2, 0.25) is 12.7 Å². The largest absolute Gasteiger partial charge is 0.535 e. The molecule has 0 fully saturated rings. The van der Waals surface area contributed by atoms with E-state index in [1.165, 1.54) is 13.2 Å². The van der Waals surface area contributed by atoms with Gasteiger partial charge in [0.25, 0.3) is 0 Å². The molecule has 0 bridgehead atoms. The number of ether oxygens (including phenoxy) is 3. The number of hydrogen-bond acceptors (Lipinski definition) is 9. The lowest BCUT2D eigenvalue weighted by Gasteiger charge is -2.28. The van der Waals surface area contributed by atoms with E-state index in [4.69, 9.17) is 14.1 Å². The van der Waals surface area contributed by atoms with Crippen LogP contribution < -0.4 is 4.65 Å². The summed E-state index contributed by atoms with van der Waals surface area (Å²) in [5, 5.41) is 10.3. The van der Waals surface area contributed by atoms with Gasteiger partial charge >= 0.3 is 25.0 Å². The number of hydrogen-bond donors (Lipinski definition) is 1. The summed E-state index contributed by atoms with van der Waals surface area (Å²) < 4.78 is 45.4. The lowest BCUT2D eigenvalue weighted by atomic mass is 9.64. The van der Waals surface area contributed by atoms with Crippen LogP contribution in [0.5, 0.6) is 5.75 Å². The van der Waals surface area contributed by atoms with Crippen molar-refractivity contribution in [2.45, 2.75) is 57.2 Å². The Morgan fingerprint density at radius 2 is 1.85 bits per heavy atom. The van der Waals surface area contributed by atoms with Crippen LogP contribution in [0.25, 0.3) is 0 Å². The fourth-order valence-corrected chi connectivity index (χ4v) is 3.18. The summed E-state index contributed by atoms with van der Waals surface area (Å²) in [4.78, 5) is 46.9. The minimum absolute atomic E-state index is 0.0208. The van der Waals surface area contributed by atoms with E-state index in [9.17, 15) is 33.0 Å². The molecule has 9 nitrogen and oxygen atoms in total. The lowest BCUT2D eigenvalue weighted by molar-refractivity contribution is -0.155. The van der Waals surface area contributed by atoms with Crippen molar-refractivity contribution in [1.29, 1.82) is 0 Å². The van der Waals surface area contributed by atoms with E-state index in [1.807, 2.05) is 0 Å². The molecule has 1 aromatic carbocycles. The van der Waals surface area contributed by atoms with Crippen molar-refractivity contribution < 1.29 is 51.8 Å². The highest BCUT2D eigenvalue weighted by molar-refractivity contribution is 6.47. The molecule has 33 heavy (non-hydrogen) atoms. The number of para-hydroxylation sites is 1. The van der Waals surface area contributed by atoms with Crippen LogP contribution in [-0.2, 0) is 35.0 Å². The Morgan fingerprint density at radius 3 is 2.52 bits per heavy atom. The number of Topliss-reactive ketones (excluding diaryl/α,β-unsaturated/α-hetero) is 1. The summed E-state index contributed by atoms with van der Waals surface area (Å²) >= 11 is 0. The van der Waals surface area contributed by atoms with E-state index < -0.39 is 55.8 Å². The van der Waals surface area contributed by atoms with Gasteiger partial charge < -0.3 is 23.9 Å². The Balaban J connectivity index is 1.92. The van der Waals surface area contributed by atoms with Gasteiger partial charge in [0.15, 0.2) is 0 Å². The number of fused-ring (bicyclic) bond motifs is 1. The maximum Gasteiger partial charge on any atom is 0.526 e. The van der Waals surface area contributed by atoms with Crippen molar-refractivity contribution in [2.24, 2.45) is 0 Å². The molecular weight excluding hydrogens is 445 g/mol. The standard InChI is InChI=1S/C21H25BF2O9/c1-21(23,24)9-8-15(25)11-14-10-13-4-3-5-16(19(13)33-22(14)29)20(28)32-12-31-18(27)7-6-17(26)30-2/h3-5,14,29H,6-12H2,1-2H3/t14-/m1/s1. The fraction of sp³-hybridized carbons (Fsp3) is 0.524. The molecule has 0 radical (unpaired) electrons. The van der Waals surface area contributed by atoms with Gasteiger partial charge in [0.1, 0.15) is 17.1 Å². The van der Waals surface area contributed by atoms with Crippen LogP contribution in [0.1, 0.15) is 54.9 Å². The number of alkyl halides is 2. The molecule has 0 unspecified atom stereocenters. The number of carbonyl (C=O) groups is 4. The van der Waals surface area contributed by atoms with Crippen LogP contribution in [0.15, 0.2) is 18.2 Å². The zero-order valence-corrected chi connectivity index (χ0v) is 18.3. The minimum atomic E-state index is -2.95. The zero-order chi connectivity index (χ0) is 24.6. The molecule has 1 atom stereocenters. The highest BCUT2D eigenvalue weighted by atomic mass is 19.3. The van der Waals surface area contributed by atoms with Gasteiger partial charge in [-0.05, 0) is 25.0 Å². The van der Waals surface area contributed by atoms with Gasteiger partial charge in [-0.25, -0.2) is 13.6 Å². The molecule has 0 saturated carbocycles. The summed E-state index contributed by atoms with van der Waals surface area (Å²) in [6.45, 7) is 0.0449. The molecule has 1 aromatic rings. The second-order valence-electron chi connectivity index (χ2n) is 7.72. The number of methoxy groups -OCH3 is 1. The lowest BCUT2D eigenvalue weighted by Crippen LogP contribution is -2.36. The molecule has 180 valence electrons. The second kappa shape index (κ2) is 11.7. The Bertz CT molecular complexity index is 885. The van der Waals surface area contributed by atoms with Crippen LogP contribution in [0.2, 0.25) is 5.82 Å². The predicted octanol–water partition coefficient (Wildman–Crippen LogP) is 2.48. The van der Waals surface area contributed by atoms with Gasteiger partial charge in [-0.1, -0.05) is 12.1 Å². The molecule has 12 heteroatoms. The van der Waals surface area contributed by atoms with Crippen molar-refractivity contribution >= 4 is 30.8 Å². The monoisotopic (exact) mass is 470 g/mol. The third-order valence-corrected chi connectivity index (χ3v) is 4.94. The van der Waals surface area contributed by atoms with Gasteiger partial charge in [-0.3, -0.25) is 14.4 Å². The van der Waals surface area contributed by atoms with Crippen molar-refractivity contribution in [1.82, 2.24) is 0 Å². The topological polar surface area (TPSA) is 125 Å². The quantitative estimate of drug-likeness (QED) is 0.295. The van der Waals surface area contributed by atoms with E-state index >= 15 is 0 Å². The molecule has 0 aliphatic carbocycles. The van der Waals surface area contributed by atoms with E-state index in [0.717, 1.165) is 6.92 Å². The highest BCUT2D eigenvalue weighted by Gasteiger charge is 2.38. The summed E-state index contributed by atoms with van der Waals surface area (Å²) in [7, 11) is -0.239. The van der Waals surface area contributed by atoms with Crippen molar-refractivity contribution in [3.63, 3.8) is 0 Å². The van der Waals surface area contributed by atoms with Crippen molar-refractivity contribution in [3.8, 4) is 5.75 Å². The Labute approximate surface area is 189 Å². The zero-order valence-electron chi connectivity index (χ0n) is 18.3. The first-order valence-electron chi connectivity index (χ1n) is 10.3. The number of ketones is 1. The summed E-state index contributed by atoms with van der Waals surface area (Å²) in [5.74, 6) is -6.18. The van der Waals surface area contributed by atoms with Crippen LogP contribution in [0, 0.1) is 0 Å². The number of esters is 3. The van der Waals surface area contributed by atoms with Crippen molar-refractivity contribution in [3.05, 3.63) is 29.3 Å². The van der Waals surface area contributed by atoms with E-state index in [1.54, 1.807) is 12.1 Å². The number of rotatable bonds is 11. The van der Waals surface area contributed by atoms with Gasteiger partial charge in [0, 0.05) is 25.1 Å². The molecule has 0 saturated heterocycles. The fourth-order valence-electron chi connectivity index (χ4n) is 3.18. The first kappa shape index (κ1) is 26.2. The smallest absolute Gasteiger partial charge is 0.526 e. The maximum atomic E-state index is 13.0. The van der Waals surface area contributed by atoms with Gasteiger partial charge in [-0.15, -0.1) is 0 Å². The SMILES string of the molecule is COC(=O)CCC(=O)OCOC(=O)c1cccc2c1OB(O)[C@@H](CC(=O)CCC(C)(F)F)C2. The third-order valence-electron chi connectivity index (χ3n) is 4.94. The van der Waals surface area contributed by atoms with E-state index in [-0.39, 0.29) is 43.4 Å². The molecule has 1 aliphatic rings. The second-order valence-corrected chi connectivity index (χ2v) is 7.72. The molecule has 0 spiro atoms. The van der Waals surface area contributed by atoms with Crippen LogP contribution >= 0.6 is 0 Å². The molecule has 1 aliphatic heterocycles. The van der Waals surface area contributed by atoms with Crippen LogP contribution in [0.3, 0.4) is 0 Å². The normalized spacial score (nSPS) is 15.2. The van der Waals surface area contributed by atoms with E-state index in [2.05, 4.69) is 4.74 Å². The average molecular weight is 470 g/mol. The molecule has 1 heterocycles. The number of halogens is 2. The molecule has 0 amide bonds. The Morgan fingerprint density at radius 1 is 1.15 bits per heavy atom. The highest BCUT2D eigenvalue weighted by Crippen LogP contribution is 2.37. The van der Waals surface area contributed by atoms with Crippen molar-refractivity contribution in [2.75, 3.05) is 13.9 Å². The first-order valence-corrected chi connectivity index (χ1v) is 10.3. The van der Waals surface area contributed by atoms with E-state index in [0.29, 0.717) is 5.56 Å². The molecule has 2 rings (SSSR count). The average Bonchev–Trinajstić information content (AvgIpc) is 2.75.